The highest BCUT2D eigenvalue weighted by atomic mass is 16.5. The Morgan fingerprint density at radius 1 is 1.07 bits per heavy atom. The van der Waals surface area contributed by atoms with Gasteiger partial charge in [-0.05, 0) is 37.6 Å². The fourth-order valence-corrected chi connectivity index (χ4v) is 2.59. The molecule has 0 saturated carbocycles. The summed E-state index contributed by atoms with van der Waals surface area (Å²) in [5.41, 5.74) is 1.30. The van der Waals surface area contributed by atoms with Crippen molar-refractivity contribution in [2.75, 3.05) is 20.8 Å². The van der Waals surface area contributed by atoms with E-state index in [4.69, 9.17) is 14.2 Å². The van der Waals surface area contributed by atoms with Crippen LogP contribution in [0.2, 0.25) is 0 Å². The molecule has 0 aliphatic rings. The first kappa shape index (κ1) is 20.3. The SMILES string of the molecule is CCOc1ccc(C(=O)O[C@@H](C)C(=O)N(C)Cc2ccccc2)cc1OC. The van der Waals surface area contributed by atoms with Gasteiger partial charge in [-0.15, -0.1) is 0 Å². The van der Waals surface area contributed by atoms with E-state index in [2.05, 4.69) is 0 Å². The lowest BCUT2D eigenvalue weighted by Gasteiger charge is -2.21. The van der Waals surface area contributed by atoms with Crippen LogP contribution >= 0.6 is 0 Å². The topological polar surface area (TPSA) is 65.1 Å². The zero-order valence-corrected chi connectivity index (χ0v) is 16.1. The van der Waals surface area contributed by atoms with Gasteiger partial charge in [-0.2, -0.15) is 0 Å². The maximum absolute atomic E-state index is 12.5. The van der Waals surface area contributed by atoms with Gasteiger partial charge in [0, 0.05) is 13.6 Å². The average Bonchev–Trinajstić information content (AvgIpc) is 2.68. The highest BCUT2D eigenvalue weighted by Crippen LogP contribution is 2.28. The number of esters is 1. The number of carbonyl (C=O) groups is 2. The summed E-state index contributed by atoms with van der Waals surface area (Å²) in [5, 5.41) is 0. The number of hydrogen-bond donors (Lipinski definition) is 0. The van der Waals surface area contributed by atoms with Gasteiger partial charge in [0.15, 0.2) is 17.6 Å². The molecule has 0 aliphatic carbocycles. The van der Waals surface area contributed by atoms with E-state index in [0.717, 1.165) is 5.56 Å². The minimum Gasteiger partial charge on any atom is -0.493 e. The number of amides is 1. The second-order valence-electron chi connectivity index (χ2n) is 6.03. The standard InChI is InChI=1S/C21H25NO5/c1-5-26-18-12-11-17(13-19(18)25-4)21(24)27-15(2)20(23)22(3)14-16-9-7-6-8-10-16/h6-13,15H,5,14H2,1-4H3/t15-/m0/s1. The first-order chi connectivity index (χ1) is 13.0. The van der Waals surface area contributed by atoms with Crippen LogP contribution in [0.25, 0.3) is 0 Å². The van der Waals surface area contributed by atoms with E-state index in [1.165, 1.54) is 18.1 Å². The van der Waals surface area contributed by atoms with Gasteiger partial charge in [-0.25, -0.2) is 4.79 Å². The third-order valence-corrected chi connectivity index (χ3v) is 3.97. The predicted molar refractivity (Wildman–Crippen MR) is 102 cm³/mol. The molecule has 0 heterocycles. The molecule has 0 aliphatic heterocycles. The summed E-state index contributed by atoms with van der Waals surface area (Å²) < 4.78 is 16.0. The molecule has 144 valence electrons. The van der Waals surface area contributed by atoms with Crippen LogP contribution in [0.3, 0.4) is 0 Å². The lowest BCUT2D eigenvalue weighted by atomic mass is 10.2. The maximum atomic E-state index is 12.5. The van der Waals surface area contributed by atoms with Crippen LogP contribution in [0.15, 0.2) is 48.5 Å². The molecule has 0 saturated heterocycles. The van der Waals surface area contributed by atoms with Crippen LogP contribution in [-0.2, 0) is 16.1 Å². The third kappa shape index (κ3) is 5.48. The molecule has 0 fully saturated rings. The monoisotopic (exact) mass is 371 g/mol. The number of hydrogen-bond acceptors (Lipinski definition) is 5. The number of ether oxygens (including phenoxy) is 3. The number of likely N-dealkylation sites (N-methyl/N-ethyl adjacent to an activating group) is 1. The minimum absolute atomic E-state index is 0.273. The van der Waals surface area contributed by atoms with Crippen molar-refractivity contribution in [2.24, 2.45) is 0 Å². The fraction of sp³-hybridized carbons (Fsp3) is 0.333. The summed E-state index contributed by atoms with van der Waals surface area (Å²) in [7, 11) is 3.18. The quantitative estimate of drug-likeness (QED) is 0.666. The normalized spacial score (nSPS) is 11.4. The number of benzene rings is 2. The Bertz CT molecular complexity index is 775. The van der Waals surface area contributed by atoms with Gasteiger partial charge in [0.2, 0.25) is 0 Å². The van der Waals surface area contributed by atoms with Crippen LogP contribution in [0.1, 0.15) is 29.8 Å². The largest absolute Gasteiger partial charge is 0.493 e. The van der Waals surface area contributed by atoms with Crippen LogP contribution in [0.5, 0.6) is 11.5 Å². The average molecular weight is 371 g/mol. The van der Waals surface area contributed by atoms with Crippen molar-refractivity contribution >= 4 is 11.9 Å². The predicted octanol–water partition coefficient (Wildman–Crippen LogP) is 3.30. The zero-order chi connectivity index (χ0) is 19.8. The molecule has 0 N–H and O–H groups in total. The van der Waals surface area contributed by atoms with Crippen LogP contribution in [0, 0.1) is 0 Å². The van der Waals surface area contributed by atoms with Crippen molar-refractivity contribution in [3.63, 3.8) is 0 Å². The molecular weight excluding hydrogens is 346 g/mol. The van der Waals surface area contributed by atoms with Crippen molar-refractivity contribution < 1.29 is 23.8 Å². The molecule has 1 amide bonds. The molecule has 0 unspecified atom stereocenters. The third-order valence-electron chi connectivity index (χ3n) is 3.97. The first-order valence-corrected chi connectivity index (χ1v) is 8.77. The summed E-state index contributed by atoms with van der Waals surface area (Å²) in [4.78, 5) is 26.4. The molecule has 0 spiro atoms. The molecular formula is C21H25NO5. The molecule has 2 aromatic rings. The number of rotatable bonds is 8. The zero-order valence-electron chi connectivity index (χ0n) is 16.1. The number of nitrogens with zero attached hydrogens (tertiary/aromatic N) is 1. The second-order valence-corrected chi connectivity index (χ2v) is 6.03. The maximum Gasteiger partial charge on any atom is 0.339 e. The molecule has 6 nitrogen and oxygen atoms in total. The lowest BCUT2D eigenvalue weighted by molar-refractivity contribution is -0.139. The Morgan fingerprint density at radius 3 is 2.41 bits per heavy atom. The molecule has 1 atom stereocenters. The highest BCUT2D eigenvalue weighted by Gasteiger charge is 2.23. The number of methoxy groups -OCH3 is 1. The molecule has 27 heavy (non-hydrogen) atoms. The van der Waals surface area contributed by atoms with E-state index in [9.17, 15) is 9.59 Å². The number of carbonyl (C=O) groups excluding carboxylic acids is 2. The van der Waals surface area contributed by atoms with Gasteiger partial charge in [0.05, 0.1) is 19.3 Å². The Kier molecular flexibility index (Phi) is 7.23. The van der Waals surface area contributed by atoms with E-state index in [1.54, 1.807) is 26.1 Å². The summed E-state index contributed by atoms with van der Waals surface area (Å²) in [6.07, 6.45) is -0.899. The smallest absolute Gasteiger partial charge is 0.339 e. The summed E-state index contributed by atoms with van der Waals surface area (Å²) in [6.45, 7) is 4.35. The highest BCUT2D eigenvalue weighted by molar-refractivity contribution is 5.92. The Balaban J connectivity index is 2.00. The Labute approximate surface area is 159 Å². The van der Waals surface area contributed by atoms with E-state index in [0.29, 0.717) is 30.2 Å². The van der Waals surface area contributed by atoms with E-state index in [-0.39, 0.29) is 5.91 Å². The van der Waals surface area contributed by atoms with Gasteiger partial charge in [-0.3, -0.25) is 4.79 Å². The molecule has 6 heteroatoms. The Morgan fingerprint density at radius 2 is 1.78 bits per heavy atom. The molecule has 2 aromatic carbocycles. The van der Waals surface area contributed by atoms with E-state index >= 15 is 0 Å². The first-order valence-electron chi connectivity index (χ1n) is 8.77. The van der Waals surface area contributed by atoms with Crippen molar-refractivity contribution in [2.45, 2.75) is 26.5 Å². The van der Waals surface area contributed by atoms with Crippen LogP contribution < -0.4 is 9.47 Å². The molecule has 2 rings (SSSR count). The van der Waals surface area contributed by atoms with Crippen LogP contribution in [-0.4, -0.2) is 43.6 Å². The van der Waals surface area contributed by atoms with Crippen LogP contribution in [0.4, 0.5) is 0 Å². The minimum atomic E-state index is -0.899. The van der Waals surface area contributed by atoms with Crippen molar-refractivity contribution in [3.8, 4) is 11.5 Å². The second kappa shape index (κ2) is 9.62. The molecule has 0 radical (unpaired) electrons. The van der Waals surface area contributed by atoms with Gasteiger partial charge in [-0.1, -0.05) is 30.3 Å². The molecule has 0 aromatic heterocycles. The van der Waals surface area contributed by atoms with Crippen molar-refractivity contribution in [3.05, 3.63) is 59.7 Å². The van der Waals surface area contributed by atoms with Gasteiger partial charge >= 0.3 is 5.97 Å². The van der Waals surface area contributed by atoms with Gasteiger partial charge < -0.3 is 19.1 Å². The van der Waals surface area contributed by atoms with E-state index < -0.39 is 12.1 Å². The summed E-state index contributed by atoms with van der Waals surface area (Å²) in [6, 6.07) is 14.4. The Hall–Kier alpha value is -3.02. The molecule has 0 bridgehead atoms. The lowest BCUT2D eigenvalue weighted by Crippen LogP contribution is -2.37. The summed E-state index contributed by atoms with van der Waals surface area (Å²) in [5.74, 6) is 0.116. The van der Waals surface area contributed by atoms with Crippen molar-refractivity contribution in [1.29, 1.82) is 0 Å². The van der Waals surface area contributed by atoms with Gasteiger partial charge in [0.1, 0.15) is 0 Å². The van der Waals surface area contributed by atoms with Gasteiger partial charge in [0.25, 0.3) is 5.91 Å². The van der Waals surface area contributed by atoms with E-state index in [1.807, 2.05) is 37.3 Å². The summed E-state index contributed by atoms with van der Waals surface area (Å²) >= 11 is 0. The van der Waals surface area contributed by atoms with Crippen molar-refractivity contribution in [1.82, 2.24) is 4.90 Å². The fourth-order valence-electron chi connectivity index (χ4n) is 2.59.